The lowest BCUT2D eigenvalue weighted by molar-refractivity contribution is 0.308. The molecule has 1 aromatic rings. The first-order chi connectivity index (χ1) is 8.76. The van der Waals surface area contributed by atoms with E-state index in [1.54, 1.807) is 7.11 Å². The van der Waals surface area contributed by atoms with Gasteiger partial charge in [0.2, 0.25) is 0 Å². The molecule has 100 valence electrons. The molecule has 0 heterocycles. The summed E-state index contributed by atoms with van der Waals surface area (Å²) < 4.78 is 11.1. The highest BCUT2D eigenvalue weighted by Crippen LogP contribution is 2.33. The molecule has 0 bridgehead atoms. The van der Waals surface area contributed by atoms with Gasteiger partial charge in [-0.15, -0.1) is 6.58 Å². The van der Waals surface area contributed by atoms with Crippen LogP contribution in [0.4, 0.5) is 0 Å². The van der Waals surface area contributed by atoms with Crippen molar-refractivity contribution in [2.75, 3.05) is 20.3 Å². The highest BCUT2D eigenvalue weighted by Gasteiger charge is 2.11. The SMILES string of the molecule is C=CCc1cc(CNCC)cc(OC)c1OCC. The lowest BCUT2D eigenvalue weighted by atomic mass is 10.1. The van der Waals surface area contributed by atoms with Crippen molar-refractivity contribution in [2.24, 2.45) is 0 Å². The molecule has 0 spiro atoms. The topological polar surface area (TPSA) is 30.5 Å². The van der Waals surface area contributed by atoms with Gasteiger partial charge in [-0.05, 0) is 31.5 Å². The number of hydrogen-bond acceptors (Lipinski definition) is 3. The number of ether oxygens (including phenoxy) is 2. The molecule has 3 nitrogen and oxygen atoms in total. The largest absolute Gasteiger partial charge is 0.493 e. The lowest BCUT2D eigenvalue weighted by Gasteiger charge is -2.15. The first kappa shape index (κ1) is 14.6. The summed E-state index contributed by atoms with van der Waals surface area (Å²) in [5, 5.41) is 3.31. The Morgan fingerprint density at radius 3 is 2.67 bits per heavy atom. The number of rotatable bonds is 8. The summed E-state index contributed by atoms with van der Waals surface area (Å²) >= 11 is 0. The maximum absolute atomic E-state index is 5.68. The highest BCUT2D eigenvalue weighted by atomic mass is 16.5. The van der Waals surface area contributed by atoms with Crippen LogP contribution in [-0.4, -0.2) is 20.3 Å². The fourth-order valence-corrected chi connectivity index (χ4v) is 1.86. The van der Waals surface area contributed by atoms with E-state index in [9.17, 15) is 0 Å². The maximum Gasteiger partial charge on any atom is 0.164 e. The fraction of sp³-hybridized carbons (Fsp3) is 0.467. The standard InChI is InChI=1S/C15H23NO2/c1-5-8-13-9-12(11-16-6-2)10-14(17-4)15(13)18-7-3/h5,9-10,16H,1,6-8,11H2,2-4H3. The van der Waals surface area contributed by atoms with E-state index >= 15 is 0 Å². The Bertz CT molecular complexity index is 388. The predicted molar refractivity (Wildman–Crippen MR) is 75.4 cm³/mol. The first-order valence-electron chi connectivity index (χ1n) is 6.40. The van der Waals surface area contributed by atoms with Crippen molar-refractivity contribution in [1.82, 2.24) is 5.32 Å². The number of nitrogens with one attached hydrogen (secondary N) is 1. The molecule has 0 aromatic heterocycles. The molecule has 0 fully saturated rings. The molecule has 0 saturated carbocycles. The zero-order chi connectivity index (χ0) is 13.4. The molecular weight excluding hydrogens is 226 g/mol. The second-order valence-electron chi connectivity index (χ2n) is 3.99. The van der Waals surface area contributed by atoms with Crippen LogP contribution >= 0.6 is 0 Å². The van der Waals surface area contributed by atoms with E-state index < -0.39 is 0 Å². The minimum absolute atomic E-state index is 0.632. The average Bonchev–Trinajstić information content (AvgIpc) is 2.39. The van der Waals surface area contributed by atoms with Crippen molar-refractivity contribution < 1.29 is 9.47 Å². The molecule has 1 N–H and O–H groups in total. The fourth-order valence-electron chi connectivity index (χ4n) is 1.86. The summed E-state index contributed by atoms with van der Waals surface area (Å²) in [6, 6.07) is 4.18. The van der Waals surface area contributed by atoms with Gasteiger partial charge in [0.05, 0.1) is 13.7 Å². The smallest absolute Gasteiger partial charge is 0.164 e. The van der Waals surface area contributed by atoms with Crippen molar-refractivity contribution in [1.29, 1.82) is 0 Å². The van der Waals surface area contributed by atoms with Crippen LogP contribution in [-0.2, 0) is 13.0 Å². The van der Waals surface area contributed by atoms with E-state index in [-0.39, 0.29) is 0 Å². The molecule has 0 unspecified atom stereocenters. The van der Waals surface area contributed by atoms with Crippen LogP contribution in [0.5, 0.6) is 11.5 Å². The third-order valence-corrected chi connectivity index (χ3v) is 2.64. The zero-order valence-electron chi connectivity index (χ0n) is 11.6. The monoisotopic (exact) mass is 249 g/mol. The molecule has 0 radical (unpaired) electrons. The van der Waals surface area contributed by atoms with Crippen LogP contribution in [0.3, 0.4) is 0 Å². The number of benzene rings is 1. The summed E-state index contributed by atoms with van der Waals surface area (Å²) in [5.74, 6) is 1.63. The van der Waals surface area contributed by atoms with E-state index in [4.69, 9.17) is 9.47 Å². The molecule has 0 aliphatic carbocycles. The zero-order valence-corrected chi connectivity index (χ0v) is 11.6. The van der Waals surface area contributed by atoms with Gasteiger partial charge in [0.1, 0.15) is 0 Å². The Kier molecular flexibility index (Phi) is 6.29. The lowest BCUT2D eigenvalue weighted by Crippen LogP contribution is -2.12. The third-order valence-electron chi connectivity index (χ3n) is 2.64. The Balaban J connectivity index is 3.10. The average molecular weight is 249 g/mol. The molecule has 18 heavy (non-hydrogen) atoms. The van der Waals surface area contributed by atoms with Crippen LogP contribution in [0.2, 0.25) is 0 Å². The quantitative estimate of drug-likeness (QED) is 0.719. The van der Waals surface area contributed by atoms with Gasteiger partial charge in [-0.1, -0.05) is 19.1 Å². The third kappa shape index (κ3) is 3.77. The molecule has 1 aromatic carbocycles. The normalized spacial score (nSPS) is 10.2. The van der Waals surface area contributed by atoms with Crippen molar-refractivity contribution in [3.05, 3.63) is 35.9 Å². The number of methoxy groups -OCH3 is 1. The Labute approximate surface area is 110 Å². The summed E-state index contributed by atoms with van der Waals surface area (Å²) in [6.45, 7) is 10.3. The minimum atomic E-state index is 0.632. The Hall–Kier alpha value is -1.48. The van der Waals surface area contributed by atoms with Gasteiger partial charge in [-0.3, -0.25) is 0 Å². The molecule has 0 aliphatic heterocycles. The molecule has 0 atom stereocenters. The Morgan fingerprint density at radius 1 is 1.33 bits per heavy atom. The molecular formula is C15H23NO2. The van der Waals surface area contributed by atoms with Crippen molar-refractivity contribution in [2.45, 2.75) is 26.8 Å². The van der Waals surface area contributed by atoms with Gasteiger partial charge >= 0.3 is 0 Å². The molecule has 3 heteroatoms. The van der Waals surface area contributed by atoms with Crippen LogP contribution in [0.25, 0.3) is 0 Å². The highest BCUT2D eigenvalue weighted by molar-refractivity contribution is 5.50. The van der Waals surface area contributed by atoms with Gasteiger partial charge in [0.25, 0.3) is 0 Å². The van der Waals surface area contributed by atoms with Crippen LogP contribution < -0.4 is 14.8 Å². The van der Waals surface area contributed by atoms with Crippen LogP contribution in [0.1, 0.15) is 25.0 Å². The van der Waals surface area contributed by atoms with Crippen LogP contribution in [0, 0.1) is 0 Å². The van der Waals surface area contributed by atoms with E-state index in [1.165, 1.54) is 5.56 Å². The molecule has 0 amide bonds. The summed E-state index contributed by atoms with van der Waals surface area (Å²) in [7, 11) is 1.67. The van der Waals surface area contributed by atoms with E-state index in [2.05, 4.69) is 24.9 Å². The molecule has 1 rings (SSSR count). The van der Waals surface area contributed by atoms with Crippen molar-refractivity contribution in [3.63, 3.8) is 0 Å². The summed E-state index contributed by atoms with van der Waals surface area (Å²) in [5.41, 5.74) is 2.33. The maximum atomic E-state index is 5.68. The van der Waals surface area contributed by atoms with Gasteiger partial charge in [-0.2, -0.15) is 0 Å². The number of hydrogen-bond donors (Lipinski definition) is 1. The van der Waals surface area contributed by atoms with Crippen LogP contribution in [0.15, 0.2) is 24.8 Å². The van der Waals surface area contributed by atoms with Gasteiger partial charge in [0.15, 0.2) is 11.5 Å². The summed E-state index contributed by atoms with van der Waals surface area (Å²) in [6.07, 6.45) is 2.67. The second-order valence-corrected chi connectivity index (χ2v) is 3.99. The predicted octanol–water partition coefficient (Wildman–Crippen LogP) is 2.93. The van der Waals surface area contributed by atoms with E-state index in [0.29, 0.717) is 6.61 Å². The molecule has 0 saturated heterocycles. The number of allylic oxidation sites excluding steroid dienone is 1. The van der Waals surface area contributed by atoms with Gasteiger partial charge in [0, 0.05) is 12.1 Å². The van der Waals surface area contributed by atoms with Crippen molar-refractivity contribution >= 4 is 0 Å². The Morgan fingerprint density at radius 2 is 2.11 bits per heavy atom. The summed E-state index contributed by atoms with van der Waals surface area (Å²) in [4.78, 5) is 0. The van der Waals surface area contributed by atoms with E-state index in [0.717, 1.165) is 36.6 Å². The van der Waals surface area contributed by atoms with Gasteiger partial charge < -0.3 is 14.8 Å². The van der Waals surface area contributed by atoms with Gasteiger partial charge in [-0.25, -0.2) is 0 Å². The van der Waals surface area contributed by atoms with E-state index in [1.807, 2.05) is 19.1 Å². The second kappa shape index (κ2) is 7.77. The van der Waals surface area contributed by atoms with Crippen molar-refractivity contribution in [3.8, 4) is 11.5 Å². The minimum Gasteiger partial charge on any atom is -0.493 e. The first-order valence-corrected chi connectivity index (χ1v) is 6.40. The molecule has 0 aliphatic rings.